The zero-order chi connectivity index (χ0) is 16.0. The molecule has 0 saturated carbocycles. The van der Waals surface area contributed by atoms with Gasteiger partial charge in [0.15, 0.2) is 0 Å². The molecule has 1 aliphatic rings. The average Bonchev–Trinajstić information content (AvgIpc) is 2.92. The number of nitrogens with zero attached hydrogens (tertiary/aromatic N) is 2. The molecule has 0 spiro atoms. The van der Waals surface area contributed by atoms with Crippen LogP contribution in [0.5, 0.6) is 0 Å². The fraction of sp³-hybridized carbons (Fsp3) is 0.294. The van der Waals surface area contributed by atoms with Gasteiger partial charge >= 0.3 is 0 Å². The lowest BCUT2D eigenvalue weighted by Crippen LogP contribution is -2.22. The Morgan fingerprint density at radius 2 is 1.91 bits per heavy atom. The summed E-state index contributed by atoms with van der Waals surface area (Å²) in [6.45, 7) is 0.338. The molecular weight excluding hydrogens is 351 g/mol. The van der Waals surface area contributed by atoms with E-state index in [1.165, 1.54) is 16.9 Å². The largest absolute Gasteiger partial charge is 0.294 e. The molecule has 0 fully saturated rings. The van der Waals surface area contributed by atoms with Gasteiger partial charge in [-0.2, -0.15) is 0 Å². The molecule has 118 valence electrons. The summed E-state index contributed by atoms with van der Waals surface area (Å²) in [4.78, 5) is 19.6. The maximum absolute atomic E-state index is 12.9. The Balaban J connectivity index is 1.85. The van der Waals surface area contributed by atoms with E-state index >= 15 is 0 Å². The van der Waals surface area contributed by atoms with E-state index in [1.54, 1.807) is 40.4 Å². The monoisotopic (exact) mass is 364 g/mol. The summed E-state index contributed by atoms with van der Waals surface area (Å²) in [6.07, 6.45) is 5.98. The van der Waals surface area contributed by atoms with Crippen LogP contribution in [-0.4, -0.2) is 9.55 Å². The summed E-state index contributed by atoms with van der Waals surface area (Å²) < 4.78 is 1.61. The van der Waals surface area contributed by atoms with Gasteiger partial charge in [-0.3, -0.25) is 9.36 Å². The first kappa shape index (κ1) is 15.2. The summed E-state index contributed by atoms with van der Waals surface area (Å²) in [5.41, 5.74) is 1.96. The third-order valence-electron chi connectivity index (χ3n) is 4.33. The van der Waals surface area contributed by atoms with Crippen LogP contribution in [0.4, 0.5) is 0 Å². The Morgan fingerprint density at radius 3 is 2.70 bits per heavy atom. The summed E-state index contributed by atoms with van der Waals surface area (Å²) in [6, 6.07) is 5.37. The minimum atomic E-state index is 0.00499. The van der Waals surface area contributed by atoms with Crippen LogP contribution in [0, 0.1) is 0 Å². The highest BCUT2D eigenvalue weighted by Crippen LogP contribution is 2.33. The number of hydrogen-bond acceptors (Lipinski definition) is 3. The van der Waals surface area contributed by atoms with Gasteiger partial charge in [-0.1, -0.05) is 29.3 Å². The molecule has 1 aromatic carbocycles. The fourth-order valence-electron chi connectivity index (χ4n) is 3.15. The first-order chi connectivity index (χ1) is 11.1. The molecule has 0 aliphatic heterocycles. The van der Waals surface area contributed by atoms with Crippen molar-refractivity contribution in [3.63, 3.8) is 0 Å². The quantitative estimate of drug-likeness (QED) is 0.660. The average molecular weight is 365 g/mol. The van der Waals surface area contributed by atoms with Crippen molar-refractivity contribution in [2.24, 2.45) is 0 Å². The molecule has 0 saturated heterocycles. The van der Waals surface area contributed by atoms with E-state index in [1.807, 2.05) is 0 Å². The molecule has 1 aliphatic carbocycles. The van der Waals surface area contributed by atoms with Crippen LogP contribution in [0.2, 0.25) is 10.0 Å². The number of aromatic nitrogens is 2. The lowest BCUT2D eigenvalue weighted by atomic mass is 9.97. The van der Waals surface area contributed by atoms with Gasteiger partial charge in [0.25, 0.3) is 5.56 Å². The van der Waals surface area contributed by atoms with Gasteiger partial charge in [0.1, 0.15) is 4.83 Å². The highest BCUT2D eigenvalue weighted by atomic mass is 35.5. The van der Waals surface area contributed by atoms with Crippen molar-refractivity contribution in [2.45, 2.75) is 32.2 Å². The number of benzene rings is 1. The number of aryl methyl sites for hydroxylation is 2. The van der Waals surface area contributed by atoms with Crippen LogP contribution in [0.1, 0.15) is 28.8 Å². The van der Waals surface area contributed by atoms with Crippen molar-refractivity contribution in [3.05, 3.63) is 60.9 Å². The van der Waals surface area contributed by atoms with Crippen molar-refractivity contribution in [1.29, 1.82) is 0 Å². The van der Waals surface area contributed by atoms with E-state index in [-0.39, 0.29) is 5.56 Å². The van der Waals surface area contributed by atoms with Gasteiger partial charge in [0.2, 0.25) is 0 Å². The predicted molar refractivity (Wildman–Crippen MR) is 96.1 cm³/mol. The third kappa shape index (κ3) is 2.59. The molecule has 23 heavy (non-hydrogen) atoms. The summed E-state index contributed by atoms with van der Waals surface area (Å²) in [7, 11) is 0. The molecule has 4 rings (SSSR count). The summed E-state index contributed by atoms with van der Waals surface area (Å²) in [5.74, 6) is 0. The van der Waals surface area contributed by atoms with Crippen LogP contribution < -0.4 is 5.56 Å². The molecule has 3 nitrogen and oxygen atoms in total. The zero-order valence-electron chi connectivity index (χ0n) is 12.3. The summed E-state index contributed by atoms with van der Waals surface area (Å²) in [5, 5.41) is 1.92. The number of thiophene rings is 1. The Bertz CT molecular complexity index is 941. The van der Waals surface area contributed by atoms with Crippen molar-refractivity contribution < 1.29 is 0 Å². The molecule has 3 aromatic rings. The molecule has 6 heteroatoms. The van der Waals surface area contributed by atoms with Crippen LogP contribution >= 0.6 is 34.5 Å². The van der Waals surface area contributed by atoms with Crippen LogP contribution in [-0.2, 0) is 19.4 Å². The lowest BCUT2D eigenvalue weighted by molar-refractivity contribution is 0.697. The normalized spacial score (nSPS) is 14.2. The van der Waals surface area contributed by atoms with E-state index in [0.717, 1.165) is 35.0 Å². The Morgan fingerprint density at radius 1 is 1.17 bits per heavy atom. The summed E-state index contributed by atoms with van der Waals surface area (Å²) >= 11 is 14.1. The second-order valence-corrected chi connectivity index (χ2v) is 7.67. The zero-order valence-corrected chi connectivity index (χ0v) is 14.6. The van der Waals surface area contributed by atoms with Gasteiger partial charge in [0, 0.05) is 20.5 Å². The SMILES string of the molecule is O=c1c2c3c(sc2ncn1Cc1c(Cl)cccc1Cl)CCCC3. The van der Waals surface area contributed by atoms with E-state index in [0.29, 0.717) is 16.6 Å². The van der Waals surface area contributed by atoms with E-state index in [4.69, 9.17) is 23.2 Å². The molecule has 2 heterocycles. The molecule has 0 N–H and O–H groups in total. The first-order valence-corrected chi connectivity index (χ1v) is 9.15. The molecule has 0 radical (unpaired) electrons. The van der Waals surface area contributed by atoms with Gasteiger partial charge < -0.3 is 0 Å². The maximum Gasteiger partial charge on any atom is 0.262 e. The highest BCUT2D eigenvalue weighted by Gasteiger charge is 2.20. The minimum absolute atomic E-state index is 0.00499. The topological polar surface area (TPSA) is 34.9 Å². The van der Waals surface area contributed by atoms with Crippen LogP contribution in [0.3, 0.4) is 0 Å². The van der Waals surface area contributed by atoms with E-state index in [2.05, 4.69) is 4.98 Å². The van der Waals surface area contributed by atoms with Crippen molar-refractivity contribution in [2.75, 3.05) is 0 Å². The van der Waals surface area contributed by atoms with Crippen molar-refractivity contribution >= 4 is 44.8 Å². The van der Waals surface area contributed by atoms with Gasteiger partial charge in [-0.25, -0.2) is 4.98 Å². The first-order valence-electron chi connectivity index (χ1n) is 7.57. The minimum Gasteiger partial charge on any atom is -0.294 e. The maximum atomic E-state index is 12.9. The third-order valence-corrected chi connectivity index (χ3v) is 6.24. The van der Waals surface area contributed by atoms with E-state index in [9.17, 15) is 4.79 Å². The Labute approximate surface area is 147 Å². The van der Waals surface area contributed by atoms with E-state index < -0.39 is 0 Å². The highest BCUT2D eigenvalue weighted by molar-refractivity contribution is 7.18. The number of hydrogen-bond donors (Lipinski definition) is 0. The molecule has 2 aromatic heterocycles. The van der Waals surface area contributed by atoms with Gasteiger partial charge in [-0.15, -0.1) is 11.3 Å². The number of halogens is 2. The van der Waals surface area contributed by atoms with Crippen molar-refractivity contribution in [3.8, 4) is 0 Å². The molecule has 0 bridgehead atoms. The Hall–Kier alpha value is -1.36. The van der Waals surface area contributed by atoms with Crippen molar-refractivity contribution in [1.82, 2.24) is 9.55 Å². The standard InChI is InChI=1S/C17H14Cl2N2OS/c18-12-5-3-6-13(19)11(12)8-21-9-20-16-15(17(21)22)10-4-1-2-7-14(10)23-16/h3,5-6,9H,1-2,4,7-8H2. The van der Waals surface area contributed by atoms with Crippen LogP contribution in [0.15, 0.2) is 29.3 Å². The second kappa shape index (κ2) is 5.93. The van der Waals surface area contributed by atoms with Crippen LogP contribution in [0.25, 0.3) is 10.2 Å². The predicted octanol–water partition coefficient (Wildman–Crippen LogP) is 4.69. The molecule has 0 atom stereocenters. The number of fused-ring (bicyclic) bond motifs is 3. The smallest absolute Gasteiger partial charge is 0.262 e. The second-order valence-electron chi connectivity index (χ2n) is 5.77. The number of rotatable bonds is 2. The van der Waals surface area contributed by atoms with Gasteiger partial charge in [-0.05, 0) is 43.4 Å². The molecular formula is C17H14Cl2N2OS. The lowest BCUT2D eigenvalue weighted by Gasteiger charge is -2.11. The molecule has 0 unspecified atom stereocenters. The Kier molecular flexibility index (Phi) is 3.92. The molecule has 0 amide bonds. The van der Waals surface area contributed by atoms with Gasteiger partial charge in [0.05, 0.1) is 18.3 Å². The fourth-order valence-corrected chi connectivity index (χ4v) is 4.88.